The third kappa shape index (κ3) is 4.03. The molecule has 164 valence electrons. The van der Waals surface area contributed by atoms with E-state index in [1.54, 1.807) is 36.8 Å². The lowest BCUT2D eigenvalue weighted by atomic mass is 9.86. The van der Waals surface area contributed by atoms with Crippen molar-refractivity contribution in [1.29, 1.82) is 0 Å². The van der Waals surface area contributed by atoms with E-state index < -0.39 is 35.3 Å². The molecule has 32 heavy (non-hydrogen) atoms. The highest BCUT2D eigenvalue weighted by molar-refractivity contribution is 6.44. The second-order valence-electron chi connectivity index (χ2n) is 7.61. The molecule has 2 heterocycles. The highest BCUT2D eigenvalue weighted by Gasteiger charge is 2.52. The third-order valence-electron chi connectivity index (χ3n) is 5.68. The Labute approximate surface area is 184 Å². The largest absolute Gasteiger partial charge is 0.497 e. The molecule has 0 bridgehead atoms. The Hall–Kier alpha value is -3.81. The number of hydrogen-bond acceptors (Lipinski definition) is 4. The van der Waals surface area contributed by atoms with E-state index in [9.17, 15) is 18.8 Å². The number of imidazole rings is 1. The predicted octanol–water partition coefficient (Wildman–Crippen LogP) is 2.49. The van der Waals surface area contributed by atoms with Gasteiger partial charge in [0.15, 0.2) is 5.78 Å². The van der Waals surface area contributed by atoms with E-state index >= 15 is 0 Å². The molecule has 2 unspecified atom stereocenters. The van der Waals surface area contributed by atoms with Crippen LogP contribution in [0.3, 0.4) is 0 Å². The molecule has 0 radical (unpaired) electrons. The van der Waals surface area contributed by atoms with Crippen LogP contribution >= 0.6 is 0 Å². The number of halogens is 1. The van der Waals surface area contributed by atoms with Gasteiger partial charge in [-0.2, -0.15) is 0 Å². The summed E-state index contributed by atoms with van der Waals surface area (Å²) in [4.78, 5) is 43.6. The lowest BCUT2D eigenvalue weighted by Crippen LogP contribution is -2.36. The van der Waals surface area contributed by atoms with E-state index in [1.807, 2.05) is 10.8 Å². The maximum Gasteiger partial charge on any atom is 0.291 e. The first-order valence-corrected chi connectivity index (χ1v) is 10.3. The van der Waals surface area contributed by atoms with Gasteiger partial charge in [0.25, 0.3) is 5.91 Å². The molecule has 0 aliphatic carbocycles. The van der Waals surface area contributed by atoms with Crippen LogP contribution in [0.5, 0.6) is 5.75 Å². The summed E-state index contributed by atoms with van der Waals surface area (Å²) < 4.78 is 21.9. The quantitative estimate of drug-likeness (QED) is 0.255. The van der Waals surface area contributed by atoms with Crippen molar-refractivity contribution in [2.45, 2.75) is 19.0 Å². The van der Waals surface area contributed by atoms with Gasteiger partial charge in [-0.05, 0) is 18.2 Å². The van der Waals surface area contributed by atoms with Crippen LogP contribution in [0, 0.1) is 11.7 Å². The first-order chi connectivity index (χ1) is 15.5. The standard InChI is InChI=1S/C24H22FN3O4/c1-32-17-7-4-6-16(14-17)22(29)20-21(18-8-2-3-9-19(18)25)28(24(31)23(20)30)12-5-11-27-13-10-26-15-27/h2-4,6-10,13-15,20-21H,5,11-12H2,1H3/p+1. The molecule has 4 rings (SSSR count). The van der Waals surface area contributed by atoms with Gasteiger partial charge < -0.3 is 9.64 Å². The smallest absolute Gasteiger partial charge is 0.291 e. The lowest BCUT2D eigenvalue weighted by Gasteiger charge is -2.27. The summed E-state index contributed by atoms with van der Waals surface area (Å²) in [6.07, 6.45) is 5.93. The minimum Gasteiger partial charge on any atom is -0.497 e. The average molecular weight is 436 g/mol. The summed E-state index contributed by atoms with van der Waals surface area (Å²) in [5.41, 5.74) is 0.392. The fraction of sp³-hybridized carbons (Fsp3) is 0.250. The van der Waals surface area contributed by atoms with Crippen molar-refractivity contribution in [3.63, 3.8) is 0 Å². The summed E-state index contributed by atoms with van der Waals surface area (Å²) in [6.45, 7) is 0.809. The van der Waals surface area contributed by atoms with E-state index in [4.69, 9.17) is 4.74 Å². The van der Waals surface area contributed by atoms with Crippen LogP contribution in [0.4, 0.5) is 4.39 Å². The topological polar surface area (TPSA) is 83.3 Å². The zero-order valence-electron chi connectivity index (χ0n) is 17.5. The number of hydrogen-bond donors (Lipinski definition) is 1. The molecule has 2 atom stereocenters. The van der Waals surface area contributed by atoms with Crippen molar-refractivity contribution < 1.29 is 28.1 Å². The van der Waals surface area contributed by atoms with E-state index in [0.717, 1.165) is 0 Å². The van der Waals surface area contributed by atoms with Crippen molar-refractivity contribution in [2.24, 2.45) is 5.92 Å². The minimum absolute atomic E-state index is 0.155. The maximum atomic E-state index is 14.8. The first-order valence-electron chi connectivity index (χ1n) is 10.3. The number of ether oxygens (including phenoxy) is 1. The van der Waals surface area contributed by atoms with Crippen molar-refractivity contribution >= 4 is 17.5 Å². The molecule has 7 nitrogen and oxygen atoms in total. The average Bonchev–Trinajstić information content (AvgIpc) is 3.41. The van der Waals surface area contributed by atoms with Gasteiger partial charge in [-0.3, -0.25) is 19.4 Å². The second-order valence-corrected chi connectivity index (χ2v) is 7.61. The molecule has 1 aromatic heterocycles. The van der Waals surface area contributed by atoms with Crippen LogP contribution < -0.4 is 9.30 Å². The van der Waals surface area contributed by atoms with Crippen LogP contribution in [0.1, 0.15) is 28.4 Å². The van der Waals surface area contributed by atoms with Crippen LogP contribution in [-0.4, -0.2) is 41.0 Å². The highest BCUT2D eigenvalue weighted by atomic mass is 19.1. The Morgan fingerprint density at radius 3 is 2.72 bits per heavy atom. The number of methoxy groups -OCH3 is 1. The molecule has 1 saturated heterocycles. The third-order valence-corrected chi connectivity index (χ3v) is 5.68. The summed E-state index contributed by atoms with van der Waals surface area (Å²) in [6, 6.07) is 11.3. The zero-order valence-corrected chi connectivity index (χ0v) is 17.5. The van der Waals surface area contributed by atoms with Crippen molar-refractivity contribution in [3.8, 4) is 5.75 Å². The lowest BCUT2D eigenvalue weighted by molar-refractivity contribution is -0.695. The van der Waals surface area contributed by atoms with Crippen molar-refractivity contribution in [3.05, 3.63) is 84.2 Å². The van der Waals surface area contributed by atoms with Gasteiger partial charge in [-0.15, -0.1) is 0 Å². The molecule has 1 N–H and O–H groups in total. The maximum absolute atomic E-state index is 14.8. The monoisotopic (exact) mass is 436 g/mol. The number of benzene rings is 2. The Kier molecular flexibility index (Phi) is 6.11. The number of likely N-dealkylation sites (tertiary alicyclic amines) is 1. The van der Waals surface area contributed by atoms with Crippen LogP contribution in [0.15, 0.2) is 67.3 Å². The number of aromatic nitrogens is 2. The van der Waals surface area contributed by atoms with Gasteiger partial charge >= 0.3 is 0 Å². The number of aromatic amines is 1. The minimum atomic E-state index is -1.33. The first kappa shape index (κ1) is 21.4. The molecule has 2 aromatic carbocycles. The fourth-order valence-electron chi connectivity index (χ4n) is 4.13. The van der Waals surface area contributed by atoms with E-state index in [-0.39, 0.29) is 17.7 Å². The van der Waals surface area contributed by atoms with Crippen LogP contribution in [-0.2, 0) is 16.1 Å². The summed E-state index contributed by atoms with van der Waals surface area (Å²) in [5.74, 6) is -3.55. The van der Waals surface area contributed by atoms with Crippen LogP contribution in [0.25, 0.3) is 0 Å². The molecule has 3 aromatic rings. The molecule has 0 saturated carbocycles. The SMILES string of the molecule is COc1cccc(C(=O)C2C(=O)C(=O)N(CCC[n+]3cc[nH]c3)C2c2ccccc2F)c1. The number of nitrogens with one attached hydrogen (secondary N) is 1. The number of H-pyrrole nitrogens is 1. The zero-order chi connectivity index (χ0) is 22.7. The van der Waals surface area contributed by atoms with E-state index in [0.29, 0.717) is 18.7 Å². The number of carbonyl (C=O) groups is 3. The number of aryl methyl sites for hydroxylation is 1. The molecular weight excluding hydrogens is 413 g/mol. The molecule has 1 fully saturated rings. The number of ketones is 2. The Bertz CT molecular complexity index is 1150. The molecular formula is C24H23FN3O4+. The number of Topliss-reactive ketones (excluding diaryl/α,β-unsaturated/α-hetero) is 2. The van der Waals surface area contributed by atoms with E-state index in [1.165, 1.54) is 36.3 Å². The summed E-state index contributed by atoms with van der Waals surface area (Å²) in [7, 11) is 1.47. The Morgan fingerprint density at radius 1 is 1.19 bits per heavy atom. The van der Waals surface area contributed by atoms with E-state index in [2.05, 4.69) is 4.98 Å². The highest BCUT2D eigenvalue weighted by Crippen LogP contribution is 2.39. The molecule has 1 amide bonds. The number of nitrogens with zero attached hydrogens (tertiary/aromatic N) is 2. The van der Waals surface area contributed by atoms with Gasteiger partial charge in [0.05, 0.1) is 19.7 Å². The summed E-state index contributed by atoms with van der Waals surface area (Å²) >= 11 is 0. The fourth-order valence-corrected chi connectivity index (χ4v) is 4.13. The van der Waals surface area contributed by atoms with Gasteiger partial charge in [-0.25, -0.2) is 8.96 Å². The van der Waals surface area contributed by atoms with Gasteiger partial charge in [0.1, 0.15) is 29.9 Å². The molecule has 1 aliphatic heterocycles. The Morgan fingerprint density at radius 2 is 2.00 bits per heavy atom. The number of amides is 1. The molecule has 1 aliphatic rings. The number of carbonyl (C=O) groups excluding carboxylic acids is 3. The normalized spacial score (nSPS) is 18.2. The molecule has 8 heteroatoms. The van der Waals surface area contributed by atoms with Crippen molar-refractivity contribution in [2.75, 3.05) is 13.7 Å². The Balaban J connectivity index is 1.68. The van der Waals surface area contributed by atoms with Gasteiger partial charge in [-0.1, -0.05) is 30.3 Å². The number of rotatable bonds is 8. The predicted molar refractivity (Wildman–Crippen MR) is 112 cm³/mol. The molecule has 0 spiro atoms. The van der Waals surface area contributed by atoms with Gasteiger partial charge in [0.2, 0.25) is 12.1 Å². The van der Waals surface area contributed by atoms with Crippen molar-refractivity contribution in [1.82, 2.24) is 9.88 Å². The van der Waals surface area contributed by atoms with Gasteiger partial charge in [0, 0.05) is 24.1 Å². The second kappa shape index (κ2) is 9.13. The van der Waals surface area contributed by atoms with Crippen LogP contribution in [0.2, 0.25) is 0 Å². The summed E-state index contributed by atoms with van der Waals surface area (Å²) in [5, 5.41) is 0.